The molecule has 1 aromatic rings. The molecule has 0 bridgehead atoms. The van der Waals surface area contributed by atoms with Crippen LogP contribution in [0, 0.1) is 18.3 Å². The van der Waals surface area contributed by atoms with E-state index < -0.39 is 0 Å². The maximum absolute atomic E-state index is 7.46. The molecule has 0 saturated heterocycles. The van der Waals surface area contributed by atoms with E-state index in [1.807, 2.05) is 0 Å². The van der Waals surface area contributed by atoms with E-state index in [-0.39, 0.29) is 0 Å². The summed E-state index contributed by atoms with van der Waals surface area (Å²) in [6.07, 6.45) is 9.70. The van der Waals surface area contributed by atoms with Gasteiger partial charge in [0.1, 0.15) is 0 Å². The highest BCUT2D eigenvalue weighted by molar-refractivity contribution is 5.79. The van der Waals surface area contributed by atoms with Crippen molar-refractivity contribution in [2.75, 3.05) is 0 Å². The van der Waals surface area contributed by atoms with Gasteiger partial charge in [-0.1, -0.05) is 31.9 Å². The molecule has 1 saturated carbocycles. The van der Waals surface area contributed by atoms with E-state index in [1.54, 1.807) is 0 Å². The van der Waals surface area contributed by atoms with E-state index in [0.29, 0.717) is 0 Å². The standard InChI is InChI=1S/C17H25N/c1-3-4-14-6-9-15(10-7-14)16-8-5-13(2)17(11-16)12-18/h5,8,11-12,14-15,18H,3-4,6-7,9-10H2,1-2H3. The first kappa shape index (κ1) is 13.3. The lowest BCUT2D eigenvalue weighted by atomic mass is 9.77. The summed E-state index contributed by atoms with van der Waals surface area (Å²) in [5, 5.41) is 7.46. The van der Waals surface area contributed by atoms with E-state index in [4.69, 9.17) is 5.41 Å². The van der Waals surface area contributed by atoms with Gasteiger partial charge in [-0.3, -0.25) is 0 Å². The molecule has 0 atom stereocenters. The van der Waals surface area contributed by atoms with Crippen molar-refractivity contribution < 1.29 is 0 Å². The van der Waals surface area contributed by atoms with Gasteiger partial charge in [-0.25, -0.2) is 0 Å². The Labute approximate surface area is 111 Å². The van der Waals surface area contributed by atoms with Crippen LogP contribution in [0.1, 0.15) is 68.1 Å². The molecular formula is C17H25N. The minimum Gasteiger partial charge on any atom is -0.308 e. The summed E-state index contributed by atoms with van der Waals surface area (Å²) in [6, 6.07) is 6.67. The third-order valence-electron chi connectivity index (χ3n) is 4.47. The molecule has 1 heteroatoms. The Morgan fingerprint density at radius 1 is 1.22 bits per heavy atom. The van der Waals surface area contributed by atoms with Gasteiger partial charge >= 0.3 is 0 Å². The molecule has 1 fully saturated rings. The van der Waals surface area contributed by atoms with Crippen LogP contribution in [0.4, 0.5) is 0 Å². The average molecular weight is 243 g/mol. The van der Waals surface area contributed by atoms with Gasteiger partial charge in [-0.2, -0.15) is 0 Å². The molecule has 0 heterocycles. The quantitative estimate of drug-likeness (QED) is 0.714. The van der Waals surface area contributed by atoms with Crippen molar-refractivity contribution in [3.05, 3.63) is 34.9 Å². The minimum absolute atomic E-state index is 0.734. The Hall–Kier alpha value is -1.11. The van der Waals surface area contributed by atoms with E-state index in [2.05, 4.69) is 32.0 Å². The summed E-state index contributed by atoms with van der Waals surface area (Å²) in [7, 11) is 0. The summed E-state index contributed by atoms with van der Waals surface area (Å²) in [6.45, 7) is 4.38. The van der Waals surface area contributed by atoms with Crippen molar-refractivity contribution >= 4 is 6.21 Å². The first-order valence-electron chi connectivity index (χ1n) is 7.35. The second-order valence-corrected chi connectivity index (χ2v) is 5.77. The molecule has 0 aliphatic heterocycles. The van der Waals surface area contributed by atoms with Crippen molar-refractivity contribution in [3.8, 4) is 0 Å². The Morgan fingerprint density at radius 3 is 2.56 bits per heavy atom. The molecule has 0 amide bonds. The van der Waals surface area contributed by atoms with Crippen molar-refractivity contribution in [1.29, 1.82) is 5.41 Å². The largest absolute Gasteiger partial charge is 0.308 e. The summed E-state index contributed by atoms with van der Waals surface area (Å²) in [5.41, 5.74) is 3.76. The van der Waals surface area contributed by atoms with Crippen LogP contribution in [0.2, 0.25) is 0 Å². The number of aryl methyl sites for hydroxylation is 1. The number of benzene rings is 1. The maximum Gasteiger partial charge on any atom is 0.0253 e. The number of hydrogen-bond donors (Lipinski definition) is 1. The van der Waals surface area contributed by atoms with Crippen LogP contribution in [0.5, 0.6) is 0 Å². The predicted molar refractivity (Wildman–Crippen MR) is 78.7 cm³/mol. The summed E-state index contributed by atoms with van der Waals surface area (Å²) in [5.74, 6) is 1.70. The van der Waals surface area contributed by atoms with Crippen LogP contribution in [0.25, 0.3) is 0 Å². The highest BCUT2D eigenvalue weighted by Crippen LogP contribution is 2.37. The Balaban J connectivity index is 2.03. The molecule has 1 nitrogen and oxygen atoms in total. The average Bonchev–Trinajstić information content (AvgIpc) is 2.41. The highest BCUT2D eigenvalue weighted by atomic mass is 14.3. The van der Waals surface area contributed by atoms with Crippen molar-refractivity contribution in [2.24, 2.45) is 5.92 Å². The predicted octanol–water partition coefficient (Wildman–Crippen LogP) is 5.07. The molecule has 0 spiro atoms. The molecule has 0 unspecified atom stereocenters. The smallest absolute Gasteiger partial charge is 0.0253 e. The molecule has 18 heavy (non-hydrogen) atoms. The van der Waals surface area contributed by atoms with E-state index in [1.165, 1.54) is 55.9 Å². The number of rotatable bonds is 4. The first-order chi connectivity index (χ1) is 8.74. The molecule has 1 aliphatic carbocycles. The number of nitrogens with one attached hydrogen (secondary N) is 1. The van der Waals surface area contributed by atoms with Gasteiger partial charge in [0.05, 0.1) is 0 Å². The summed E-state index contributed by atoms with van der Waals surface area (Å²) in [4.78, 5) is 0. The summed E-state index contributed by atoms with van der Waals surface area (Å²) >= 11 is 0. The van der Waals surface area contributed by atoms with Crippen LogP contribution in [-0.2, 0) is 0 Å². The molecule has 0 aromatic heterocycles. The lowest BCUT2D eigenvalue weighted by Gasteiger charge is -2.29. The molecule has 2 rings (SSSR count). The van der Waals surface area contributed by atoms with Crippen molar-refractivity contribution in [3.63, 3.8) is 0 Å². The zero-order chi connectivity index (χ0) is 13.0. The lowest BCUT2D eigenvalue weighted by Crippen LogP contribution is -2.13. The van der Waals surface area contributed by atoms with Gasteiger partial charge in [0, 0.05) is 6.21 Å². The molecule has 98 valence electrons. The van der Waals surface area contributed by atoms with Crippen LogP contribution in [0.15, 0.2) is 18.2 Å². The van der Waals surface area contributed by atoms with Gasteiger partial charge in [0.25, 0.3) is 0 Å². The molecule has 1 N–H and O–H groups in total. The Kier molecular flexibility index (Phi) is 4.57. The topological polar surface area (TPSA) is 23.9 Å². The molecule has 0 radical (unpaired) electrons. The molecular weight excluding hydrogens is 218 g/mol. The molecule has 1 aliphatic rings. The van der Waals surface area contributed by atoms with Gasteiger partial charge in [0.15, 0.2) is 0 Å². The van der Waals surface area contributed by atoms with E-state index >= 15 is 0 Å². The third-order valence-corrected chi connectivity index (χ3v) is 4.47. The number of hydrogen-bond acceptors (Lipinski definition) is 1. The van der Waals surface area contributed by atoms with Crippen LogP contribution < -0.4 is 0 Å². The normalized spacial score (nSPS) is 23.9. The van der Waals surface area contributed by atoms with Crippen molar-refractivity contribution in [1.82, 2.24) is 0 Å². The second kappa shape index (κ2) is 6.17. The molecule has 1 aromatic carbocycles. The second-order valence-electron chi connectivity index (χ2n) is 5.77. The monoisotopic (exact) mass is 243 g/mol. The fourth-order valence-electron chi connectivity index (χ4n) is 3.26. The van der Waals surface area contributed by atoms with Crippen LogP contribution in [0.3, 0.4) is 0 Å². The van der Waals surface area contributed by atoms with E-state index in [0.717, 1.165) is 17.4 Å². The van der Waals surface area contributed by atoms with Gasteiger partial charge in [0.2, 0.25) is 0 Å². The fraction of sp³-hybridized carbons (Fsp3) is 0.588. The fourth-order valence-corrected chi connectivity index (χ4v) is 3.26. The SMILES string of the molecule is CCCC1CCC(c2ccc(C)c(C=N)c2)CC1. The zero-order valence-corrected chi connectivity index (χ0v) is 11.7. The van der Waals surface area contributed by atoms with Crippen LogP contribution in [-0.4, -0.2) is 6.21 Å². The lowest BCUT2D eigenvalue weighted by molar-refractivity contribution is 0.308. The zero-order valence-electron chi connectivity index (χ0n) is 11.7. The van der Waals surface area contributed by atoms with Gasteiger partial charge < -0.3 is 5.41 Å². The van der Waals surface area contributed by atoms with Gasteiger partial charge in [-0.05, 0) is 67.2 Å². The van der Waals surface area contributed by atoms with Crippen molar-refractivity contribution in [2.45, 2.75) is 58.3 Å². The third kappa shape index (κ3) is 3.01. The van der Waals surface area contributed by atoms with Gasteiger partial charge in [-0.15, -0.1) is 0 Å². The Bertz CT molecular complexity index is 400. The Morgan fingerprint density at radius 2 is 1.94 bits per heavy atom. The van der Waals surface area contributed by atoms with E-state index in [9.17, 15) is 0 Å². The summed E-state index contributed by atoms with van der Waals surface area (Å²) < 4.78 is 0. The maximum atomic E-state index is 7.46. The van der Waals surface area contributed by atoms with Crippen LogP contribution >= 0.6 is 0 Å². The minimum atomic E-state index is 0.734. The highest BCUT2D eigenvalue weighted by Gasteiger charge is 2.21. The first-order valence-corrected chi connectivity index (χ1v) is 7.35.